The Morgan fingerprint density at radius 1 is 0.969 bits per heavy atom. The van der Waals surface area contributed by atoms with Crippen LogP contribution < -0.4 is 14.2 Å². The van der Waals surface area contributed by atoms with Gasteiger partial charge in [0.05, 0.1) is 18.1 Å². The molecular weight excluding hydrogens is 432 g/mol. The summed E-state index contributed by atoms with van der Waals surface area (Å²) in [5, 5.41) is 0. The minimum absolute atomic E-state index is 0.0706. The van der Waals surface area contributed by atoms with E-state index >= 15 is 0 Å². The number of piperazine rings is 1. The maximum Gasteiger partial charge on any atom is 0.260 e. The van der Waals surface area contributed by atoms with E-state index in [4.69, 9.17) is 14.2 Å². The summed E-state index contributed by atoms with van der Waals surface area (Å²) in [4.78, 5) is 14.4. The molecule has 2 heterocycles. The van der Waals surface area contributed by atoms with Crippen LogP contribution in [0.15, 0.2) is 41.3 Å². The molecule has 4 rings (SSSR count). The molecule has 8 nitrogen and oxygen atoms in total. The number of hydrogen-bond acceptors (Lipinski definition) is 6. The molecule has 1 saturated heterocycles. The summed E-state index contributed by atoms with van der Waals surface area (Å²) in [7, 11) is -3.69. The second-order valence-electron chi connectivity index (χ2n) is 8.00. The van der Waals surface area contributed by atoms with E-state index in [9.17, 15) is 13.2 Å². The average Bonchev–Trinajstić information content (AvgIpc) is 3.03. The number of aryl methyl sites for hydroxylation is 2. The second-order valence-corrected chi connectivity index (χ2v) is 9.94. The first kappa shape index (κ1) is 22.4. The Balaban J connectivity index is 1.35. The van der Waals surface area contributed by atoms with Crippen molar-refractivity contribution in [1.29, 1.82) is 0 Å². The van der Waals surface area contributed by atoms with E-state index in [0.717, 1.165) is 17.5 Å². The molecule has 32 heavy (non-hydrogen) atoms. The number of ether oxygens (including phenoxy) is 3. The van der Waals surface area contributed by atoms with Crippen LogP contribution in [0.3, 0.4) is 0 Å². The first-order valence-electron chi connectivity index (χ1n) is 10.7. The van der Waals surface area contributed by atoms with E-state index in [0.29, 0.717) is 43.6 Å². The van der Waals surface area contributed by atoms with Gasteiger partial charge in [-0.1, -0.05) is 17.7 Å². The molecule has 0 aromatic heterocycles. The third-order valence-electron chi connectivity index (χ3n) is 5.63. The van der Waals surface area contributed by atoms with Crippen LogP contribution in [0.2, 0.25) is 0 Å². The maximum atomic E-state index is 13.1. The zero-order valence-electron chi connectivity index (χ0n) is 18.4. The highest BCUT2D eigenvalue weighted by Gasteiger charge is 2.31. The first-order valence-corrected chi connectivity index (χ1v) is 12.2. The van der Waals surface area contributed by atoms with Gasteiger partial charge in [0.2, 0.25) is 10.0 Å². The summed E-state index contributed by atoms with van der Waals surface area (Å²) in [5.74, 6) is 1.53. The first-order chi connectivity index (χ1) is 15.3. The Hall–Kier alpha value is -2.78. The number of hydrogen-bond donors (Lipinski definition) is 0. The van der Waals surface area contributed by atoms with Crippen LogP contribution >= 0.6 is 0 Å². The predicted molar refractivity (Wildman–Crippen MR) is 119 cm³/mol. The Bertz CT molecular complexity index is 1090. The van der Waals surface area contributed by atoms with Crippen LogP contribution in [0.25, 0.3) is 0 Å². The SMILES string of the molecule is Cc1ccc(OCC(=O)N2CCN(S(=O)(=O)c3ccc4c(c3)OCCCO4)CC2)c(C)c1. The molecule has 1 fully saturated rings. The van der Waals surface area contributed by atoms with Crippen molar-refractivity contribution in [3.8, 4) is 17.2 Å². The molecule has 2 aliphatic heterocycles. The smallest absolute Gasteiger partial charge is 0.260 e. The van der Waals surface area contributed by atoms with Crippen LogP contribution in [0.1, 0.15) is 17.5 Å². The van der Waals surface area contributed by atoms with Gasteiger partial charge in [0.15, 0.2) is 18.1 Å². The summed E-state index contributed by atoms with van der Waals surface area (Å²) >= 11 is 0. The van der Waals surface area contributed by atoms with E-state index in [1.807, 2.05) is 32.0 Å². The van der Waals surface area contributed by atoms with Crippen LogP contribution in [0.5, 0.6) is 17.2 Å². The van der Waals surface area contributed by atoms with Crippen LogP contribution in [-0.4, -0.2) is 69.5 Å². The van der Waals surface area contributed by atoms with Crippen molar-refractivity contribution in [2.24, 2.45) is 0 Å². The van der Waals surface area contributed by atoms with Gasteiger partial charge in [-0.15, -0.1) is 0 Å². The van der Waals surface area contributed by atoms with Crippen molar-refractivity contribution in [3.05, 3.63) is 47.5 Å². The molecule has 2 aromatic carbocycles. The van der Waals surface area contributed by atoms with Crippen molar-refractivity contribution in [3.63, 3.8) is 0 Å². The van der Waals surface area contributed by atoms with Gasteiger partial charge in [-0.2, -0.15) is 4.31 Å². The number of carbonyl (C=O) groups is 1. The molecule has 0 unspecified atom stereocenters. The number of carbonyl (C=O) groups excluding carboxylic acids is 1. The van der Waals surface area contributed by atoms with E-state index in [2.05, 4.69) is 0 Å². The molecule has 2 aliphatic rings. The van der Waals surface area contributed by atoms with Gasteiger partial charge in [-0.25, -0.2) is 8.42 Å². The topological polar surface area (TPSA) is 85.4 Å². The molecular formula is C23H28N2O6S. The molecule has 0 N–H and O–H groups in total. The lowest BCUT2D eigenvalue weighted by Gasteiger charge is -2.34. The summed E-state index contributed by atoms with van der Waals surface area (Å²) < 4.78 is 44.5. The van der Waals surface area contributed by atoms with Crippen LogP contribution in [-0.2, 0) is 14.8 Å². The molecule has 0 aliphatic carbocycles. The van der Waals surface area contributed by atoms with Crippen molar-refractivity contribution in [1.82, 2.24) is 9.21 Å². The van der Waals surface area contributed by atoms with E-state index in [1.165, 1.54) is 16.4 Å². The Labute approximate surface area is 188 Å². The molecule has 9 heteroatoms. The lowest BCUT2D eigenvalue weighted by atomic mass is 10.1. The summed E-state index contributed by atoms with van der Waals surface area (Å²) in [6.45, 7) is 6.00. The summed E-state index contributed by atoms with van der Waals surface area (Å²) in [6, 6.07) is 10.5. The Morgan fingerprint density at radius 3 is 2.41 bits per heavy atom. The van der Waals surface area contributed by atoms with Gasteiger partial charge in [-0.3, -0.25) is 4.79 Å². The van der Waals surface area contributed by atoms with Crippen LogP contribution in [0.4, 0.5) is 0 Å². The minimum atomic E-state index is -3.69. The monoisotopic (exact) mass is 460 g/mol. The number of nitrogens with zero attached hydrogens (tertiary/aromatic N) is 2. The number of fused-ring (bicyclic) bond motifs is 1. The molecule has 0 atom stereocenters. The summed E-state index contributed by atoms with van der Waals surface area (Å²) in [5.41, 5.74) is 2.11. The van der Waals surface area contributed by atoms with Gasteiger partial charge >= 0.3 is 0 Å². The van der Waals surface area contributed by atoms with E-state index in [-0.39, 0.29) is 30.5 Å². The highest BCUT2D eigenvalue weighted by atomic mass is 32.2. The van der Waals surface area contributed by atoms with Gasteiger partial charge in [0.25, 0.3) is 5.91 Å². The van der Waals surface area contributed by atoms with Crippen molar-refractivity contribution in [2.45, 2.75) is 25.2 Å². The molecule has 172 valence electrons. The number of benzene rings is 2. The fourth-order valence-corrected chi connectivity index (χ4v) is 5.26. The lowest BCUT2D eigenvalue weighted by Crippen LogP contribution is -2.51. The number of rotatable bonds is 5. The normalized spacial score (nSPS) is 17.0. The standard InChI is InChI=1S/C23H28N2O6S/c1-17-4-6-20(18(2)14-17)31-16-23(26)24-8-10-25(11-9-24)32(27,28)19-5-7-21-22(15-19)30-13-3-12-29-21/h4-7,14-15H,3,8-13,16H2,1-2H3. The van der Waals surface area contributed by atoms with Gasteiger partial charge in [0.1, 0.15) is 5.75 Å². The molecule has 2 aromatic rings. The Morgan fingerprint density at radius 2 is 1.69 bits per heavy atom. The molecule has 0 saturated carbocycles. The summed E-state index contributed by atoms with van der Waals surface area (Å²) in [6.07, 6.45) is 0.750. The minimum Gasteiger partial charge on any atom is -0.490 e. The zero-order chi connectivity index (χ0) is 22.7. The second kappa shape index (κ2) is 9.38. The van der Waals surface area contributed by atoms with E-state index in [1.54, 1.807) is 11.0 Å². The lowest BCUT2D eigenvalue weighted by molar-refractivity contribution is -0.134. The molecule has 0 bridgehead atoms. The predicted octanol–water partition coefficient (Wildman–Crippen LogP) is 2.38. The highest BCUT2D eigenvalue weighted by molar-refractivity contribution is 7.89. The third kappa shape index (κ3) is 4.83. The van der Waals surface area contributed by atoms with Crippen molar-refractivity contribution < 1.29 is 27.4 Å². The number of sulfonamides is 1. The fourth-order valence-electron chi connectivity index (χ4n) is 3.82. The van der Waals surface area contributed by atoms with Gasteiger partial charge < -0.3 is 19.1 Å². The Kier molecular flexibility index (Phi) is 6.57. The molecule has 0 radical (unpaired) electrons. The maximum absolute atomic E-state index is 13.1. The third-order valence-corrected chi connectivity index (χ3v) is 7.52. The molecule has 1 amide bonds. The average molecular weight is 461 g/mol. The quantitative estimate of drug-likeness (QED) is 0.681. The van der Waals surface area contributed by atoms with Crippen molar-refractivity contribution >= 4 is 15.9 Å². The van der Waals surface area contributed by atoms with E-state index < -0.39 is 10.0 Å². The highest BCUT2D eigenvalue weighted by Crippen LogP contribution is 2.33. The van der Waals surface area contributed by atoms with Crippen LogP contribution in [0, 0.1) is 13.8 Å². The molecule has 0 spiro atoms. The fraction of sp³-hybridized carbons (Fsp3) is 0.435. The van der Waals surface area contributed by atoms with Gasteiger partial charge in [0, 0.05) is 38.7 Å². The zero-order valence-corrected chi connectivity index (χ0v) is 19.2. The largest absolute Gasteiger partial charge is 0.490 e. The van der Waals surface area contributed by atoms with Crippen molar-refractivity contribution in [2.75, 3.05) is 46.0 Å². The van der Waals surface area contributed by atoms with Gasteiger partial charge in [-0.05, 0) is 37.6 Å². The number of amides is 1.